The molecule has 0 amide bonds. The normalized spacial score (nSPS) is 17.7. The SMILES string of the molecule is OC(COc1ccc2c(c1)OCO2)CN1CCCN(c2nc3ccc(Cl)cc3s2)CC1. The van der Waals surface area contributed by atoms with Gasteiger partial charge in [-0.25, -0.2) is 4.98 Å². The van der Waals surface area contributed by atoms with E-state index in [9.17, 15) is 5.11 Å². The summed E-state index contributed by atoms with van der Waals surface area (Å²) < 4.78 is 17.5. The van der Waals surface area contributed by atoms with Crippen molar-refractivity contribution in [3.8, 4) is 17.2 Å². The van der Waals surface area contributed by atoms with E-state index in [1.54, 1.807) is 17.4 Å². The topological polar surface area (TPSA) is 67.3 Å². The second-order valence-corrected chi connectivity index (χ2v) is 9.18. The van der Waals surface area contributed by atoms with Gasteiger partial charge in [0.1, 0.15) is 18.5 Å². The van der Waals surface area contributed by atoms with Gasteiger partial charge in [-0.05, 0) is 43.3 Å². The zero-order valence-electron chi connectivity index (χ0n) is 17.0. The first-order valence-corrected chi connectivity index (χ1v) is 11.6. The maximum atomic E-state index is 10.5. The number of aromatic nitrogens is 1. The van der Waals surface area contributed by atoms with Crippen molar-refractivity contribution < 1.29 is 19.3 Å². The predicted octanol–water partition coefficient (Wildman–Crippen LogP) is 3.63. The lowest BCUT2D eigenvalue weighted by molar-refractivity contribution is 0.0704. The number of fused-ring (bicyclic) bond motifs is 2. The van der Waals surface area contributed by atoms with Gasteiger partial charge < -0.3 is 24.2 Å². The molecule has 1 atom stereocenters. The molecule has 0 aliphatic carbocycles. The molecule has 5 rings (SSSR count). The highest BCUT2D eigenvalue weighted by Gasteiger charge is 2.20. The van der Waals surface area contributed by atoms with Crippen LogP contribution in [0.3, 0.4) is 0 Å². The quantitative estimate of drug-likeness (QED) is 0.601. The number of anilines is 1. The van der Waals surface area contributed by atoms with Crippen LogP contribution in [0.4, 0.5) is 5.13 Å². The van der Waals surface area contributed by atoms with Crippen molar-refractivity contribution in [2.24, 2.45) is 0 Å². The van der Waals surface area contributed by atoms with E-state index >= 15 is 0 Å². The Morgan fingerprint density at radius 1 is 1.10 bits per heavy atom. The molecule has 164 valence electrons. The summed E-state index contributed by atoms with van der Waals surface area (Å²) in [5.74, 6) is 2.07. The molecule has 2 aliphatic heterocycles. The van der Waals surface area contributed by atoms with E-state index in [-0.39, 0.29) is 13.4 Å². The lowest BCUT2D eigenvalue weighted by Crippen LogP contribution is -2.38. The highest BCUT2D eigenvalue weighted by atomic mass is 35.5. The van der Waals surface area contributed by atoms with Gasteiger partial charge in [0, 0.05) is 37.3 Å². The van der Waals surface area contributed by atoms with E-state index in [2.05, 4.69) is 9.80 Å². The fourth-order valence-electron chi connectivity index (χ4n) is 3.88. The van der Waals surface area contributed by atoms with Crippen LogP contribution in [0.25, 0.3) is 10.2 Å². The van der Waals surface area contributed by atoms with Crippen LogP contribution in [0.1, 0.15) is 6.42 Å². The van der Waals surface area contributed by atoms with Crippen LogP contribution in [-0.2, 0) is 0 Å². The molecule has 31 heavy (non-hydrogen) atoms. The van der Waals surface area contributed by atoms with Gasteiger partial charge >= 0.3 is 0 Å². The minimum Gasteiger partial charge on any atom is -0.491 e. The smallest absolute Gasteiger partial charge is 0.231 e. The third-order valence-electron chi connectivity index (χ3n) is 5.45. The largest absolute Gasteiger partial charge is 0.491 e. The summed E-state index contributed by atoms with van der Waals surface area (Å²) in [6, 6.07) is 11.3. The standard InChI is InChI=1S/C22H24ClN3O4S/c23-15-2-4-18-21(10-15)31-22(24-18)26-7-1-6-25(8-9-26)12-16(27)13-28-17-3-5-19-20(11-17)30-14-29-19/h2-5,10-11,16,27H,1,6-9,12-14H2. The van der Waals surface area contributed by atoms with Crippen molar-refractivity contribution in [3.05, 3.63) is 41.4 Å². The van der Waals surface area contributed by atoms with Gasteiger partial charge in [0.2, 0.25) is 6.79 Å². The van der Waals surface area contributed by atoms with Crippen LogP contribution in [0.15, 0.2) is 36.4 Å². The summed E-state index contributed by atoms with van der Waals surface area (Å²) in [5, 5.41) is 12.3. The number of thiazole rings is 1. The molecule has 1 N–H and O–H groups in total. The highest BCUT2D eigenvalue weighted by molar-refractivity contribution is 7.22. The zero-order valence-corrected chi connectivity index (χ0v) is 18.6. The number of halogens is 1. The van der Waals surface area contributed by atoms with E-state index in [1.807, 2.05) is 30.3 Å². The number of aliphatic hydroxyl groups is 1. The van der Waals surface area contributed by atoms with Crippen molar-refractivity contribution in [2.75, 3.05) is 51.0 Å². The first-order valence-electron chi connectivity index (χ1n) is 10.4. The fourth-order valence-corrected chi connectivity index (χ4v) is 5.17. The Labute approximate surface area is 189 Å². The van der Waals surface area contributed by atoms with Gasteiger partial charge in [0.05, 0.1) is 10.2 Å². The number of rotatable bonds is 6. The molecule has 1 unspecified atom stereocenters. The Balaban J connectivity index is 1.13. The number of β-amino-alcohol motifs (C(OH)–C–C–N with tert-alkyl or cyclic N) is 1. The van der Waals surface area contributed by atoms with Crippen LogP contribution in [0.5, 0.6) is 17.2 Å². The van der Waals surface area contributed by atoms with Crippen molar-refractivity contribution in [2.45, 2.75) is 12.5 Å². The number of benzene rings is 2. The molecule has 1 fully saturated rings. The van der Waals surface area contributed by atoms with E-state index in [4.69, 9.17) is 30.8 Å². The Morgan fingerprint density at radius 3 is 2.94 bits per heavy atom. The predicted molar refractivity (Wildman–Crippen MR) is 122 cm³/mol. The lowest BCUT2D eigenvalue weighted by Gasteiger charge is -2.24. The van der Waals surface area contributed by atoms with Crippen molar-refractivity contribution in [3.63, 3.8) is 0 Å². The Hall–Kier alpha value is -2.26. The molecule has 3 aromatic rings. The molecule has 0 radical (unpaired) electrons. The molecule has 9 heteroatoms. The number of hydrogen-bond acceptors (Lipinski definition) is 8. The molecular formula is C22H24ClN3O4S. The lowest BCUT2D eigenvalue weighted by atomic mass is 10.3. The maximum Gasteiger partial charge on any atom is 0.231 e. The van der Waals surface area contributed by atoms with Gasteiger partial charge in [0.15, 0.2) is 16.6 Å². The van der Waals surface area contributed by atoms with E-state index in [1.165, 1.54) is 0 Å². The molecule has 7 nitrogen and oxygen atoms in total. The van der Waals surface area contributed by atoms with Crippen LogP contribution in [-0.4, -0.2) is 67.2 Å². The van der Waals surface area contributed by atoms with Crippen LogP contribution in [0.2, 0.25) is 5.02 Å². The molecule has 0 spiro atoms. The summed E-state index contributed by atoms with van der Waals surface area (Å²) in [6.07, 6.45) is 0.452. The molecule has 3 heterocycles. The first kappa shape index (κ1) is 20.6. The number of ether oxygens (including phenoxy) is 3. The van der Waals surface area contributed by atoms with Gasteiger partial charge in [0.25, 0.3) is 0 Å². The fraction of sp³-hybridized carbons (Fsp3) is 0.409. The zero-order chi connectivity index (χ0) is 21.2. The maximum absolute atomic E-state index is 10.5. The number of aliphatic hydroxyl groups excluding tert-OH is 1. The third-order valence-corrected chi connectivity index (χ3v) is 6.77. The Kier molecular flexibility index (Phi) is 6.04. The molecule has 1 saturated heterocycles. The molecule has 2 aromatic carbocycles. The van der Waals surface area contributed by atoms with Crippen molar-refractivity contribution in [1.29, 1.82) is 0 Å². The average molecular weight is 462 g/mol. The van der Waals surface area contributed by atoms with E-state index < -0.39 is 6.10 Å². The first-order chi connectivity index (χ1) is 15.1. The van der Waals surface area contributed by atoms with E-state index in [0.717, 1.165) is 58.7 Å². The molecule has 2 aliphatic rings. The number of nitrogens with zero attached hydrogens (tertiary/aromatic N) is 3. The molecular weight excluding hydrogens is 438 g/mol. The molecule has 0 saturated carbocycles. The van der Waals surface area contributed by atoms with Gasteiger partial charge in [-0.3, -0.25) is 4.90 Å². The van der Waals surface area contributed by atoms with Crippen molar-refractivity contribution >= 4 is 38.3 Å². The van der Waals surface area contributed by atoms with Gasteiger partial charge in [-0.1, -0.05) is 22.9 Å². The van der Waals surface area contributed by atoms with Gasteiger partial charge in [-0.15, -0.1) is 0 Å². The summed E-state index contributed by atoms with van der Waals surface area (Å²) in [4.78, 5) is 9.39. The second kappa shape index (κ2) is 9.08. The van der Waals surface area contributed by atoms with Crippen LogP contribution < -0.4 is 19.1 Å². The summed E-state index contributed by atoms with van der Waals surface area (Å²) >= 11 is 7.79. The minimum absolute atomic E-state index is 0.234. The Morgan fingerprint density at radius 2 is 2.00 bits per heavy atom. The second-order valence-electron chi connectivity index (χ2n) is 7.73. The van der Waals surface area contributed by atoms with Crippen molar-refractivity contribution in [1.82, 2.24) is 9.88 Å². The summed E-state index contributed by atoms with van der Waals surface area (Å²) in [5.41, 5.74) is 0.988. The molecule has 0 bridgehead atoms. The number of hydrogen-bond donors (Lipinski definition) is 1. The van der Waals surface area contributed by atoms with Crippen LogP contribution in [0, 0.1) is 0 Å². The third kappa shape index (κ3) is 4.82. The van der Waals surface area contributed by atoms with Gasteiger partial charge in [-0.2, -0.15) is 0 Å². The average Bonchev–Trinajstić information content (AvgIpc) is 3.33. The van der Waals surface area contributed by atoms with E-state index in [0.29, 0.717) is 18.0 Å². The molecule has 1 aromatic heterocycles. The van der Waals surface area contributed by atoms with Crippen LogP contribution >= 0.6 is 22.9 Å². The highest BCUT2D eigenvalue weighted by Crippen LogP contribution is 2.35. The summed E-state index contributed by atoms with van der Waals surface area (Å²) in [6.45, 7) is 4.69. The minimum atomic E-state index is -0.568. The monoisotopic (exact) mass is 461 g/mol. The summed E-state index contributed by atoms with van der Waals surface area (Å²) in [7, 11) is 0. The Bertz CT molecular complexity index is 1060.